The Morgan fingerprint density at radius 2 is 1.75 bits per heavy atom. The van der Waals surface area contributed by atoms with Gasteiger partial charge in [0.15, 0.2) is 0 Å². The zero-order chi connectivity index (χ0) is 19.6. The van der Waals surface area contributed by atoms with E-state index >= 15 is 0 Å². The lowest BCUT2D eigenvalue weighted by atomic mass is 10.1. The van der Waals surface area contributed by atoms with E-state index < -0.39 is 0 Å². The third-order valence-corrected chi connectivity index (χ3v) is 6.28. The highest BCUT2D eigenvalue weighted by atomic mass is 35.5. The van der Waals surface area contributed by atoms with Gasteiger partial charge in [-0.2, -0.15) is 11.8 Å². The number of benzene rings is 2. The molecule has 0 atom stereocenters. The maximum Gasteiger partial charge on any atom is 0.251 e. The van der Waals surface area contributed by atoms with Gasteiger partial charge < -0.3 is 5.32 Å². The van der Waals surface area contributed by atoms with Gasteiger partial charge in [-0.1, -0.05) is 48.7 Å². The van der Waals surface area contributed by atoms with Gasteiger partial charge in [0, 0.05) is 35.2 Å². The van der Waals surface area contributed by atoms with Crippen molar-refractivity contribution in [1.29, 1.82) is 0 Å². The lowest BCUT2D eigenvalue weighted by Crippen LogP contribution is -2.26. The first-order chi connectivity index (χ1) is 13.7. The topological polar surface area (TPSA) is 32.3 Å². The summed E-state index contributed by atoms with van der Waals surface area (Å²) >= 11 is 7.80. The van der Waals surface area contributed by atoms with Crippen LogP contribution in [0.1, 0.15) is 47.2 Å². The minimum Gasteiger partial charge on any atom is -0.351 e. The first kappa shape index (κ1) is 21.2. The van der Waals surface area contributed by atoms with Gasteiger partial charge in [0.05, 0.1) is 0 Å². The molecule has 0 aliphatic carbocycles. The molecule has 5 heteroatoms. The van der Waals surface area contributed by atoms with Gasteiger partial charge in [-0.25, -0.2) is 0 Å². The van der Waals surface area contributed by atoms with Crippen molar-refractivity contribution in [3.8, 4) is 0 Å². The van der Waals surface area contributed by atoms with E-state index in [0.29, 0.717) is 6.54 Å². The molecule has 1 fully saturated rings. The fraction of sp³-hybridized carbons (Fsp3) is 0.435. The van der Waals surface area contributed by atoms with Crippen LogP contribution < -0.4 is 5.32 Å². The average Bonchev–Trinajstić information content (AvgIpc) is 2.97. The summed E-state index contributed by atoms with van der Waals surface area (Å²) in [6.45, 7) is 4.03. The van der Waals surface area contributed by atoms with Crippen LogP contribution in [0.15, 0.2) is 48.5 Å². The Kier molecular flexibility index (Phi) is 8.71. The number of nitrogens with zero attached hydrogens (tertiary/aromatic N) is 1. The van der Waals surface area contributed by atoms with Gasteiger partial charge in [0.1, 0.15) is 0 Å². The number of likely N-dealkylation sites (tertiary alicyclic amines) is 1. The number of carbonyl (C=O) groups excluding carboxylic acids is 1. The minimum atomic E-state index is 0.00433. The Balaban J connectivity index is 1.37. The molecule has 0 bridgehead atoms. The highest BCUT2D eigenvalue weighted by Crippen LogP contribution is 2.16. The fourth-order valence-corrected chi connectivity index (χ4v) is 4.49. The quantitative estimate of drug-likeness (QED) is 0.586. The third kappa shape index (κ3) is 7.16. The highest BCUT2D eigenvalue weighted by Gasteiger charge is 2.10. The molecular weight excluding hydrogens is 388 g/mol. The normalized spacial score (nSPS) is 15.2. The van der Waals surface area contributed by atoms with Crippen LogP contribution in [0.2, 0.25) is 5.02 Å². The van der Waals surface area contributed by atoms with Crippen molar-refractivity contribution < 1.29 is 4.79 Å². The van der Waals surface area contributed by atoms with Crippen LogP contribution in [0, 0.1) is 0 Å². The molecule has 1 aliphatic heterocycles. The molecule has 1 amide bonds. The molecule has 1 saturated heterocycles. The number of hydrogen-bond acceptors (Lipinski definition) is 3. The largest absolute Gasteiger partial charge is 0.351 e. The first-order valence-electron chi connectivity index (χ1n) is 10.1. The summed E-state index contributed by atoms with van der Waals surface area (Å²) in [5.74, 6) is 1.79. The summed E-state index contributed by atoms with van der Waals surface area (Å²) in [4.78, 5) is 14.8. The molecule has 28 heavy (non-hydrogen) atoms. The SMILES string of the molecule is O=C(NCCSCc1cccc(Cl)c1)c1ccc(CN2CCCCCC2)cc1. The molecule has 1 aliphatic rings. The zero-order valence-electron chi connectivity index (χ0n) is 16.3. The lowest BCUT2D eigenvalue weighted by Gasteiger charge is -2.19. The lowest BCUT2D eigenvalue weighted by molar-refractivity contribution is 0.0956. The Labute approximate surface area is 177 Å². The van der Waals surface area contributed by atoms with E-state index in [0.717, 1.165) is 28.6 Å². The molecule has 0 spiro atoms. The molecule has 0 saturated carbocycles. The van der Waals surface area contributed by atoms with Crippen molar-refractivity contribution in [2.24, 2.45) is 0 Å². The van der Waals surface area contributed by atoms with Crippen LogP contribution >= 0.6 is 23.4 Å². The summed E-state index contributed by atoms with van der Waals surface area (Å²) in [6.07, 6.45) is 5.31. The van der Waals surface area contributed by atoms with Gasteiger partial charge in [-0.05, 0) is 61.3 Å². The van der Waals surface area contributed by atoms with Crippen LogP contribution in [0.25, 0.3) is 0 Å². The Hall–Kier alpha value is -1.49. The van der Waals surface area contributed by atoms with Crippen molar-refractivity contribution in [2.75, 3.05) is 25.4 Å². The summed E-state index contributed by atoms with van der Waals surface area (Å²) in [5.41, 5.74) is 3.24. The smallest absolute Gasteiger partial charge is 0.251 e. The Bertz CT molecular complexity index is 743. The van der Waals surface area contributed by atoms with E-state index in [1.165, 1.54) is 49.9 Å². The molecule has 0 unspecified atom stereocenters. The van der Waals surface area contributed by atoms with Crippen LogP contribution in [0.4, 0.5) is 0 Å². The van der Waals surface area contributed by atoms with Crippen LogP contribution in [-0.2, 0) is 12.3 Å². The van der Waals surface area contributed by atoms with Gasteiger partial charge in [-0.3, -0.25) is 9.69 Å². The zero-order valence-corrected chi connectivity index (χ0v) is 17.9. The van der Waals surface area contributed by atoms with E-state index in [-0.39, 0.29) is 5.91 Å². The van der Waals surface area contributed by atoms with Crippen molar-refractivity contribution in [1.82, 2.24) is 10.2 Å². The number of thioether (sulfide) groups is 1. The molecule has 3 nitrogen and oxygen atoms in total. The molecule has 2 aromatic carbocycles. The van der Waals surface area contributed by atoms with Gasteiger partial charge in [-0.15, -0.1) is 0 Å². The van der Waals surface area contributed by atoms with Crippen LogP contribution in [0.5, 0.6) is 0 Å². The predicted molar refractivity (Wildman–Crippen MR) is 120 cm³/mol. The standard InChI is InChI=1S/C23H29ClN2OS/c24-22-7-5-6-20(16-22)18-28-15-12-25-23(27)21-10-8-19(9-11-21)17-26-13-3-1-2-4-14-26/h5-11,16H,1-4,12-15,17-18H2,(H,25,27). The summed E-state index contributed by atoms with van der Waals surface area (Å²) in [7, 11) is 0. The number of halogens is 1. The number of rotatable bonds is 8. The second-order valence-corrected chi connectivity index (χ2v) is 8.87. The Morgan fingerprint density at radius 1 is 1.00 bits per heavy atom. The van der Waals surface area contributed by atoms with E-state index in [1.807, 2.05) is 30.3 Å². The van der Waals surface area contributed by atoms with E-state index in [2.05, 4.69) is 28.4 Å². The van der Waals surface area contributed by atoms with Crippen LogP contribution in [0.3, 0.4) is 0 Å². The molecule has 0 radical (unpaired) electrons. The average molecular weight is 417 g/mol. The number of amides is 1. The van der Waals surface area contributed by atoms with Crippen molar-refractivity contribution in [2.45, 2.75) is 38.0 Å². The molecular formula is C23H29ClN2OS. The second kappa shape index (κ2) is 11.5. The molecule has 3 rings (SSSR count). The monoisotopic (exact) mass is 416 g/mol. The Morgan fingerprint density at radius 3 is 2.46 bits per heavy atom. The van der Waals surface area contributed by atoms with Crippen LogP contribution in [-0.4, -0.2) is 36.2 Å². The molecule has 1 N–H and O–H groups in total. The van der Waals surface area contributed by atoms with Crippen molar-refractivity contribution in [3.05, 3.63) is 70.2 Å². The minimum absolute atomic E-state index is 0.00433. The molecule has 1 heterocycles. The molecule has 150 valence electrons. The van der Waals surface area contributed by atoms with Crippen molar-refractivity contribution in [3.63, 3.8) is 0 Å². The summed E-state index contributed by atoms with van der Waals surface area (Å²) in [6, 6.07) is 16.0. The maximum atomic E-state index is 12.3. The van der Waals surface area contributed by atoms with E-state index in [4.69, 9.17) is 11.6 Å². The predicted octanol–water partition coefficient (Wildman–Crippen LogP) is 5.38. The third-order valence-electron chi connectivity index (χ3n) is 5.01. The maximum absolute atomic E-state index is 12.3. The van der Waals surface area contributed by atoms with E-state index in [9.17, 15) is 4.79 Å². The number of nitrogens with one attached hydrogen (secondary N) is 1. The number of carbonyl (C=O) groups is 1. The second-order valence-electron chi connectivity index (χ2n) is 7.33. The first-order valence-corrected chi connectivity index (χ1v) is 11.7. The number of hydrogen-bond donors (Lipinski definition) is 1. The summed E-state index contributed by atoms with van der Waals surface area (Å²) in [5, 5.41) is 3.78. The van der Waals surface area contributed by atoms with Crippen molar-refractivity contribution >= 4 is 29.3 Å². The van der Waals surface area contributed by atoms with E-state index in [1.54, 1.807) is 11.8 Å². The fourth-order valence-electron chi connectivity index (χ4n) is 3.47. The molecule has 0 aromatic heterocycles. The highest BCUT2D eigenvalue weighted by molar-refractivity contribution is 7.98. The molecule has 2 aromatic rings. The summed E-state index contributed by atoms with van der Waals surface area (Å²) < 4.78 is 0. The van der Waals surface area contributed by atoms with Gasteiger partial charge in [0.2, 0.25) is 0 Å². The van der Waals surface area contributed by atoms with Gasteiger partial charge in [0.25, 0.3) is 5.91 Å². The van der Waals surface area contributed by atoms with Gasteiger partial charge >= 0.3 is 0 Å².